The Bertz CT molecular complexity index is 1110. The normalized spacial score (nSPS) is 11.5. The van der Waals surface area contributed by atoms with Crippen LogP contribution in [0.3, 0.4) is 0 Å². The number of nitro benzene ring substituents is 1. The second-order valence-electron chi connectivity index (χ2n) is 7.89. The zero-order chi connectivity index (χ0) is 23.8. The van der Waals surface area contributed by atoms with E-state index in [0.29, 0.717) is 12.0 Å². The molecule has 0 aliphatic rings. The van der Waals surface area contributed by atoms with Crippen LogP contribution in [0.4, 0.5) is 5.69 Å². The molecule has 0 spiro atoms. The maximum Gasteiger partial charge on any atom is 0.273 e. The average Bonchev–Trinajstić information content (AvgIpc) is 2.82. The highest BCUT2D eigenvalue weighted by molar-refractivity contribution is 5.89. The van der Waals surface area contributed by atoms with E-state index in [1.807, 2.05) is 61.5 Å². The van der Waals surface area contributed by atoms with Gasteiger partial charge in [0.05, 0.1) is 11.3 Å². The highest BCUT2D eigenvalue weighted by atomic mass is 16.6. The number of nitro groups is 1. The smallest absolute Gasteiger partial charge is 0.273 e. The van der Waals surface area contributed by atoms with Gasteiger partial charge in [-0.2, -0.15) is 0 Å². The van der Waals surface area contributed by atoms with Gasteiger partial charge in [0, 0.05) is 31.6 Å². The summed E-state index contributed by atoms with van der Waals surface area (Å²) in [5, 5.41) is 14.1. The molecule has 1 atom stereocenters. The molecule has 170 valence electrons. The first-order chi connectivity index (χ1) is 15.9. The van der Waals surface area contributed by atoms with E-state index in [0.717, 1.165) is 16.7 Å². The minimum atomic E-state index is -0.769. The van der Waals surface area contributed by atoms with Crippen LogP contribution in [0.15, 0.2) is 78.9 Å². The molecule has 0 saturated carbocycles. The Hall–Kier alpha value is -4.00. The van der Waals surface area contributed by atoms with Gasteiger partial charge < -0.3 is 10.2 Å². The molecule has 0 aromatic heterocycles. The number of carbonyl (C=O) groups excluding carboxylic acids is 2. The SMILES string of the molecule is CNC(=O)[C@@H](Cc1ccccc1)N(Cc1ccc(C)cc1)C(=O)Cc1ccccc1[N+](=O)[O-]. The quantitative estimate of drug-likeness (QED) is 0.400. The van der Waals surface area contributed by atoms with E-state index in [-0.39, 0.29) is 30.5 Å². The van der Waals surface area contributed by atoms with Crippen molar-refractivity contribution >= 4 is 17.5 Å². The lowest BCUT2D eigenvalue weighted by Gasteiger charge is -2.31. The fourth-order valence-electron chi connectivity index (χ4n) is 3.71. The number of amides is 2. The number of likely N-dealkylation sites (N-methyl/N-ethyl adjacent to an activating group) is 1. The molecule has 3 aromatic rings. The highest BCUT2D eigenvalue weighted by Gasteiger charge is 2.31. The van der Waals surface area contributed by atoms with Gasteiger partial charge >= 0.3 is 0 Å². The summed E-state index contributed by atoms with van der Waals surface area (Å²) < 4.78 is 0. The molecule has 33 heavy (non-hydrogen) atoms. The zero-order valence-electron chi connectivity index (χ0n) is 18.7. The van der Waals surface area contributed by atoms with Crippen LogP contribution >= 0.6 is 0 Å². The van der Waals surface area contributed by atoms with Crippen LogP contribution in [0, 0.1) is 17.0 Å². The first kappa shape index (κ1) is 23.7. The van der Waals surface area contributed by atoms with Crippen LogP contribution in [-0.2, 0) is 29.0 Å². The molecule has 0 heterocycles. The Morgan fingerprint density at radius 2 is 1.58 bits per heavy atom. The van der Waals surface area contributed by atoms with Crippen molar-refractivity contribution in [3.05, 3.63) is 111 Å². The topological polar surface area (TPSA) is 92.6 Å². The van der Waals surface area contributed by atoms with E-state index in [9.17, 15) is 19.7 Å². The van der Waals surface area contributed by atoms with Gasteiger partial charge in [-0.25, -0.2) is 0 Å². The van der Waals surface area contributed by atoms with Crippen LogP contribution in [-0.4, -0.2) is 34.7 Å². The molecule has 3 aromatic carbocycles. The van der Waals surface area contributed by atoms with Crippen LogP contribution in [0.5, 0.6) is 0 Å². The van der Waals surface area contributed by atoms with Crippen LogP contribution in [0.1, 0.15) is 22.3 Å². The fraction of sp³-hybridized carbons (Fsp3) is 0.231. The van der Waals surface area contributed by atoms with Gasteiger partial charge in [-0.1, -0.05) is 78.4 Å². The van der Waals surface area contributed by atoms with Gasteiger partial charge in [-0.15, -0.1) is 0 Å². The number of aryl methyl sites for hydroxylation is 1. The van der Waals surface area contributed by atoms with E-state index in [2.05, 4.69) is 5.32 Å². The third-order valence-electron chi connectivity index (χ3n) is 5.52. The molecule has 7 nitrogen and oxygen atoms in total. The summed E-state index contributed by atoms with van der Waals surface area (Å²) in [7, 11) is 1.54. The summed E-state index contributed by atoms with van der Waals surface area (Å²) in [6.45, 7) is 2.19. The lowest BCUT2D eigenvalue weighted by molar-refractivity contribution is -0.385. The fourth-order valence-corrected chi connectivity index (χ4v) is 3.71. The summed E-state index contributed by atoms with van der Waals surface area (Å²) in [6, 6.07) is 22.6. The van der Waals surface area contributed by atoms with Gasteiger partial charge in [0.15, 0.2) is 0 Å². The molecule has 0 radical (unpaired) electrons. The number of hydrogen-bond acceptors (Lipinski definition) is 4. The lowest BCUT2D eigenvalue weighted by atomic mass is 10.0. The molecule has 0 unspecified atom stereocenters. The molecule has 2 amide bonds. The number of carbonyl (C=O) groups is 2. The zero-order valence-corrected chi connectivity index (χ0v) is 18.7. The second kappa shape index (κ2) is 11.0. The van der Waals surface area contributed by atoms with E-state index in [4.69, 9.17) is 0 Å². The van der Waals surface area contributed by atoms with E-state index in [1.165, 1.54) is 18.0 Å². The van der Waals surface area contributed by atoms with E-state index in [1.54, 1.807) is 18.2 Å². The minimum Gasteiger partial charge on any atom is -0.357 e. The van der Waals surface area contributed by atoms with Crippen LogP contribution < -0.4 is 5.32 Å². The largest absolute Gasteiger partial charge is 0.357 e. The Balaban J connectivity index is 1.97. The van der Waals surface area contributed by atoms with Crippen LogP contribution in [0.25, 0.3) is 0 Å². The Kier molecular flexibility index (Phi) is 7.91. The van der Waals surface area contributed by atoms with Crippen molar-refractivity contribution in [2.24, 2.45) is 0 Å². The van der Waals surface area contributed by atoms with Crippen molar-refractivity contribution in [2.45, 2.75) is 32.4 Å². The van der Waals surface area contributed by atoms with Gasteiger partial charge in [0.1, 0.15) is 6.04 Å². The first-order valence-corrected chi connectivity index (χ1v) is 10.7. The van der Waals surface area contributed by atoms with E-state index < -0.39 is 11.0 Å². The molecular formula is C26H27N3O4. The van der Waals surface area contributed by atoms with Gasteiger partial charge in [-0.3, -0.25) is 19.7 Å². The standard InChI is InChI=1S/C26H27N3O4/c1-19-12-14-21(15-13-19)18-28(24(26(31)27-2)16-20-8-4-3-5-9-20)25(30)17-22-10-6-7-11-23(22)29(32)33/h3-15,24H,16-18H2,1-2H3,(H,27,31)/t24-/m1/s1. The van der Waals surface area contributed by atoms with Crippen molar-refractivity contribution in [1.82, 2.24) is 10.2 Å². The summed E-state index contributed by atoms with van der Waals surface area (Å²) in [5.74, 6) is -0.642. The molecule has 3 rings (SSSR count). The summed E-state index contributed by atoms with van der Waals surface area (Å²) in [4.78, 5) is 38.9. The van der Waals surface area contributed by atoms with E-state index >= 15 is 0 Å². The molecule has 0 bridgehead atoms. The third-order valence-corrected chi connectivity index (χ3v) is 5.52. The molecule has 0 aliphatic heterocycles. The molecular weight excluding hydrogens is 418 g/mol. The number of para-hydroxylation sites is 1. The van der Waals surface area contributed by atoms with Crippen molar-refractivity contribution < 1.29 is 14.5 Å². The number of nitrogens with zero attached hydrogens (tertiary/aromatic N) is 2. The molecule has 0 fully saturated rings. The summed E-state index contributed by atoms with van der Waals surface area (Å²) in [5.41, 5.74) is 3.08. The molecule has 0 saturated heterocycles. The summed E-state index contributed by atoms with van der Waals surface area (Å²) in [6.07, 6.45) is 0.153. The first-order valence-electron chi connectivity index (χ1n) is 10.7. The second-order valence-corrected chi connectivity index (χ2v) is 7.89. The van der Waals surface area contributed by atoms with Crippen LogP contribution in [0.2, 0.25) is 0 Å². The maximum absolute atomic E-state index is 13.5. The number of nitrogens with one attached hydrogen (secondary N) is 1. The highest BCUT2D eigenvalue weighted by Crippen LogP contribution is 2.21. The Morgan fingerprint density at radius 3 is 2.21 bits per heavy atom. The van der Waals surface area contributed by atoms with Gasteiger partial charge in [-0.05, 0) is 18.1 Å². The number of rotatable bonds is 9. The molecule has 0 aliphatic carbocycles. The predicted molar refractivity (Wildman–Crippen MR) is 127 cm³/mol. The van der Waals surface area contributed by atoms with Gasteiger partial charge in [0.25, 0.3) is 5.69 Å². The monoisotopic (exact) mass is 445 g/mol. The predicted octanol–water partition coefficient (Wildman–Crippen LogP) is 3.83. The van der Waals surface area contributed by atoms with Crippen molar-refractivity contribution in [2.75, 3.05) is 7.05 Å². The number of benzene rings is 3. The van der Waals surface area contributed by atoms with Gasteiger partial charge in [0.2, 0.25) is 11.8 Å². The average molecular weight is 446 g/mol. The van der Waals surface area contributed by atoms with Crippen molar-refractivity contribution in [3.8, 4) is 0 Å². The lowest BCUT2D eigenvalue weighted by Crippen LogP contribution is -2.50. The Labute approximate surface area is 193 Å². The maximum atomic E-state index is 13.5. The third kappa shape index (κ3) is 6.26. The Morgan fingerprint density at radius 1 is 0.939 bits per heavy atom. The van der Waals surface area contributed by atoms with Crippen molar-refractivity contribution in [1.29, 1.82) is 0 Å². The number of hydrogen-bond donors (Lipinski definition) is 1. The summed E-state index contributed by atoms with van der Waals surface area (Å²) >= 11 is 0. The molecule has 7 heteroatoms. The van der Waals surface area contributed by atoms with Crippen molar-refractivity contribution in [3.63, 3.8) is 0 Å². The minimum absolute atomic E-state index is 0.110. The molecule has 1 N–H and O–H groups in total.